The average Bonchev–Trinajstić information content (AvgIpc) is 3.83. The summed E-state index contributed by atoms with van der Waals surface area (Å²) in [6, 6.07) is 42.6. The molecule has 0 saturated heterocycles. The number of fused-ring (bicyclic) bond motifs is 1. The summed E-state index contributed by atoms with van der Waals surface area (Å²) < 4.78 is 71.0. The number of pyridine rings is 2. The molecule has 9 rings (SSSR count). The van der Waals surface area contributed by atoms with Gasteiger partial charge < -0.3 is 34.7 Å². The second-order valence-corrected chi connectivity index (χ2v) is 19.4. The van der Waals surface area contributed by atoms with Gasteiger partial charge in [-0.1, -0.05) is 103 Å². The van der Waals surface area contributed by atoms with E-state index in [0.29, 0.717) is 52.1 Å². The lowest BCUT2D eigenvalue weighted by atomic mass is 9.91. The zero-order valence-electron chi connectivity index (χ0n) is 40.1. The summed E-state index contributed by atoms with van der Waals surface area (Å²) in [5.41, 5.74) is 11.8. The molecule has 0 bridgehead atoms. The molecule has 2 amide bonds. The monoisotopic (exact) mass is 1020 g/mol. The van der Waals surface area contributed by atoms with Crippen molar-refractivity contribution >= 4 is 52.4 Å². The number of nitrogens with one attached hydrogen (secondary N) is 3. The number of hydrogen-bond donors (Lipinski definition) is 3. The fraction of sp³-hybridized carbons (Fsp3) is 0.204. The second kappa shape index (κ2) is 23.7. The van der Waals surface area contributed by atoms with Crippen LogP contribution in [0.25, 0.3) is 32.6 Å². The van der Waals surface area contributed by atoms with Crippen molar-refractivity contribution in [1.82, 2.24) is 25.1 Å². The highest BCUT2D eigenvalue weighted by Gasteiger charge is 2.32. The molecule has 74 heavy (non-hydrogen) atoms. The first-order valence-electron chi connectivity index (χ1n) is 23.4. The minimum absolute atomic E-state index is 0.0728. The molecule has 5 aromatic carbocycles. The first-order valence-corrected chi connectivity index (χ1v) is 25.0. The Morgan fingerprint density at radius 2 is 1.50 bits per heavy atom. The molecule has 1 saturated carbocycles. The number of alkyl halides is 3. The van der Waals surface area contributed by atoms with E-state index in [-0.39, 0.29) is 30.1 Å². The van der Waals surface area contributed by atoms with E-state index in [9.17, 15) is 27.3 Å². The van der Waals surface area contributed by atoms with Gasteiger partial charge in [0.05, 0.1) is 36.7 Å². The molecule has 3 N–H and O–H groups in total. The maximum absolute atomic E-state index is 13.3. The average molecular weight is 1020 g/mol. The topological polar surface area (TPSA) is 207 Å². The highest BCUT2D eigenvalue weighted by atomic mass is 31.2. The number of hydrogen-bond acceptors (Lipinski definition) is 10. The van der Waals surface area contributed by atoms with Crippen molar-refractivity contribution < 1.29 is 41.5 Å². The third kappa shape index (κ3) is 12.5. The number of halogens is 3. The van der Waals surface area contributed by atoms with Gasteiger partial charge in [0.25, 0.3) is 5.91 Å². The molecule has 1 fully saturated rings. The van der Waals surface area contributed by atoms with Crippen molar-refractivity contribution in [3.8, 4) is 22.8 Å². The molecule has 20 heteroatoms. The normalized spacial score (nSPS) is 14.3. The van der Waals surface area contributed by atoms with Gasteiger partial charge in [0, 0.05) is 63.3 Å². The fourth-order valence-electron chi connectivity index (χ4n) is 8.54. The van der Waals surface area contributed by atoms with Gasteiger partial charge in [-0.25, -0.2) is 14.8 Å². The number of carbonyl (C=O) groups is 2. The molecular formula is C54H50F3N10O6P. The molecule has 16 nitrogen and oxygen atoms in total. The minimum atomic E-state index is -4.58. The quantitative estimate of drug-likeness (QED) is 0.0383. The van der Waals surface area contributed by atoms with Crippen LogP contribution in [-0.2, 0) is 28.6 Å². The molecule has 0 unspecified atom stereocenters. The standard InChI is InChI=1S/C42H40F3N7O5.C12H10N3OP/c1-55-33-16-15-29(35(23-33)56-2)24-48-39-37-34(18-20-47-39)52(32-10-6-9-31(22-32)49-41(54)57-25-26-7-4-3-5-8-26)51-38(37)27-11-13-28(14-12-27)40(53)50-36-21-30(17-19-46-36)42(43,44)45;13-14-15-17(16,11-7-3-1-4-8-11)12-9-5-2-6-10-12/h3-5,7-8,11-21,23,31-32H,6,9-10,22,24-25H2,1-2H3,(H,47,48)(H,49,54)(H,46,50,53);1-10H/t31-,32-;/m1./s1. The molecule has 8 aromatic rings. The van der Waals surface area contributed by atoms with E-state index < -0.39 is 31.0 Å². The lowest BCUT2D eigenvalue weighted by Gasteiger charge is -2.30. The van der Waals surface area contributed by atoms with E-state index in [4.69, 9.17) is 29.8 Å². The highest BCUT2D eigenvalue weighted by Crippen LogP contribution is 2.45. The summed E-state index contributed by atoms with van der Waals surface area (Å²) in [4.78, 5) is 40.8. The van der Waals surface area contributed by atoms with Gasteiger partial charge in [-0.15, -0.1) is 0 Å². The number of alkyl carbamates (subject to hydrolysis) is 1. The predicted octanol–water partition coefficient (Wildman–Crippen LogP) is 12.0. The Morgan fingerprint density at radius 1 is 0.824 bits per heavy atom. The number of azide groups is 1. The summed E-state index contributed by atoms with van der Waals surface area (Å²) in [5.74, 6) is 1.03. The second-order valence-electron chi connectivity index (χ2n) is 17.0. The number of aromatic nitrogens is 4. The maximum atomic E-state index is 13.3. The smallest absolute Gasteiger partial charge is 0.416 e. The molecule has 0 spiro atoms. The first kappa shape index (κ1) is 51.7. The molecular weight excluding hydrogens is 973 g/mol. The van der Waals surface area contributed by atoms with Crippen molar-refractivity contribution in [3.05, 3.63) is 197 Å². The van der Waals surface area contributed by atoms with Crippen LogP contribution in [-0.4, -0.2) is 52.0 Å². The molecule has 3 heterocycles. The maximum Gasteiger partial charge on any atom is 0.416 e. The van der Waals surface area contributed by atoms with Gasteiger partial charge in [-0.05, 0) is 84.1 Å². The van der Waals surface area contributed by atoms with Crippen LogP contribution in [0.3, 0.4) is 0 Å². The molecule has 2 atom stereocenters. The lowest BCUT2D eigenvalue weighted by molar-refractivity contribution is -0.137. The van der Waals surface area contributed by atoms with Crippen molar-refractivity contribution in [2.24, 2.45) is 4.88 Å². The number of ether oxygens (including phenoxy) is 3. The Kier molecular flexibility index (Phi) is 16.6. The van der Waals surface area contributed by atoms with Crippen LogP contribution < -0.4 is 36.0 Å². The molecule has 0 radical (unpaired) electrons. The van der Waals surface area contributed by atoms with Crippen LogP contribution >= 0.6 is 7.29 Å². The summed E-state index contributed by atoms with van der Waals surface area (Å²) in [7, 11) is -0.0352. The Hall–Kier alpha value is -8.66. The Balaban J connectivity index is 0.000000362. The molecule has 378 valence electrons. The number of carbonyl (C=O) groups excluding carboxylic acids is 2. The lowest BCUT2D eigenvalue weighted by Crippen LogP contribution is -2.39. The Morgan fingerprint density at radius 3 is 2.15 bits per heavy atom. The highest BCUT2D eigenvalue weighted by molar-refractivity contribution is 7.77. The van der Waals surface area contributed by atoms with Crippen molar-refractivity contribution in [1.29, 1.82) is 0 Å². The number of benzene rings is 5. The van der Waals surface area contributed by atoms with Crippen LogP contribution in [0.5, 0.6) is 11.5 Å². The number of amides is 2. The summed E-state index contributed by atoms with van der Waals surface area (Å²) >= 11 is 0. The number of anilines is 2. The fourth-order valence-corrected chi connectivity index (χ4v) is 10.3. The van der Waals surface area contributed by atoms with E-state index >= 15 is 0 Å². The largest absolute Gasteiger partial charge is 0.497 e. The SMILES string of the molecule is COc1ccc(CNc2nccc3c2c(-c2ccc(C(=O)Nc4cc(C(F)(F)F)ccn4)cc2)nn3[C@@H]2CCC[C@@H](NC(=O)OCc3ccccc3)C2)c(OC)c1.[N-]=[N+]=NP(=O)(c1ccccc1)c1ccccc1. The predicted molar refractivity (Wildman–Crippen MR) is 277 cm³/mol. The van der Waals surface area contributed by atoms with Gasteiger partial charge in [0.15, 0.2) is 0 Å². The summed E-state index contributed by atoms with van der Waals surface area (Å²) in [6.45, 7) is 0.539. The third-order valence-electron chi connectivity index (χ3n) is 12.2. The van der Waals surface area contributed by atoms with E-state index in [2.05, 4.69) is 30.7 Å². The number of nitrogens with zero attached hydrogens (tertiary/aromatic N) is 7. The van der Waals surface area contributed by atoms with Gasteiger partial charge in [0.2, 0.25) is 7.29 Å². The van der Waals surface area contributed by atoms with Gasteiger partial charge in [-0.3, -0.25) is 9.48 Å². The van der Waals surface area contributed by atoms with Crippen LogP contribution in [0.15, 0.2) is 169 Å². The van der Waals surface area contributed by atoms with Crippen molar-refractivity contribution in [2.45, 2.75) is 57.1 Å². The Labute approximate surface area is 424 Å². The molecule has 3 aromatic heterocycles. The number of methoxy groups -OCH3 is 2. The van der Waals surface area contributed by atoms with E-state index in [1.807, 2.05) is 65.3 Å². The minimum Gasteiger partial charge on any atom is -0.497 e. The van der Waals surface area contributed by atoms with Gasteiger partial charge in [-0.2, -0.15) is 18.3 Å². The van der Waals surface area contributed by atoms with Gasteiger partial charge in [0.1, 0.15) is 35.4 Å². The Bertz CT molecular complexity index is 3260. The van der Waals surface area contributed by atoms with Crippen LogP contribution in [0.4, 0.5) is 29.6 Å². The van der Waals surface area contributed by atoms with E-state index in [1.165, 1.54) is 0 Å². The number of rotatable bonds is 15. The van der Waals surface area contributed by atoms with Gasteiger partial charge >= 0.3 is 12.3 Å². The summed E-state index contributed by atoms with van der Waals surface area (Å²) in [6.07, 6.45) is 0.736. The molecule has 1 aliphatic rings. The van der Waals surface area contributed by atoms with Crippen LogP contribution in [0.1, 0.15) is 58.8 Å². The van der Waals surface area contributed by atoms with Crippen LogP contribution in [0.2, 0.25) is 0 Å². The molecule has 0 aliphatic heterocycles. The summed E-state index contributed by atoms with van der Waals surface area (Å²) in [5, 5.41) is 15.9. The van der Waals surface area contributed by atoms with E-state index in [0.717, 1.165) is 59.6 Å². The zero-order chi connectivity index (χ0) is 52.1. The van der Waals surface area contributed by atoms with E-state index in [1.54, 1.807) is 99.3 Å². The molecule has 1 aliphatic carbocycles. The van der Waals surface area contributed by atoms with Crippen molar-refractivity contribution in [2.75, 3.05) is 24.9 Å². The van der Waals surface area contributed by atoms with Crippen molar-refractivity contribution in [3.63, 3.8) is 0 Å². The van der Waals surface area contributed by atoms with Crippen LogP contribution in [0, 0.1) is 0 Å². The first-order chi connectivity index (χ1) is 35.9. The third-order valence-corrected chi connectivity index (χ3v) is 14.5. The zero-order valence-corrected chi connectivity index (χ0v) is 41.0.